The number of thioether (sulfide) groups is 1. The van der Waals surface area contributed by atoms with E-state index >= 15 is 0 Å². The Hall–Kier alpha value is -2.55. The molecular formula is C24H37N3O5S. The molecule has 184 valence electrons. The van der Waals surface area contributed by atoms with Gasteiger partial charge in [0.15, 0.2) is 0 Å². The highest BCUT2D eigenvalue weighted by Gasteiger charge is 2.29. The predicted molar refractivity (Wildman–Crippen MR) is 131 cm³/mol. The number of carboxylic acids is 1. The number of hydrogen-bond donors (Lipinski definition) is 4. The van der Waals surface area contributed by atoms with Gasteiger partial charge in [0.2, 0.25) is 11.8 Å². The molecule has 0 bridgehead atoms. The maximum atomic E-state index is 12.8. The molecule has 1 aromatic rings. The zero-order valence-corrected chi connectivity index (χ0v) is 20.7. The molecule has 0 aromatic heterocycles. The molecule has 1 aromatic carbocycles. The van der Waals surface area contributed by atoms with E-state index in [0.29, 0.717) is 31.4 Å². The van der Waals surface area contributed by atoms with Crippen molar-refractivity contribution in [3.63, 3.8) is 0 Å². The first-order valence-electron chi connectivity index (χ1n) is 11.3. The Morgan fingerprint density at radius 1 is 0.939 bits per heavy atom. The summed E-state index contributed by atoms with van der Waals surface area (Å²) in [4.78, 5) is 48.9. The van der Waals surface area contributed by atoms with E-state index in [1.54, 1.807) is 36.0 Å². The Kier molecular flexibility index (Phi) is 13.2. The summed E-state index contributed by atoms with van der Waals surface area (Å²) in [5.74, 6) is -1.59. The van der Waals surface area contributed by atoms with E-state index in [9.17, 15) is 24.3 Å². The van der Waals surface area contributed by atoms with Crippen molar-refractivity contribution in [2.24, 2.45) is 11.8 Å². The van der Waals surface area contributed by atoms with Crippen molar-refractivity contribution in [2.75, 3.05) is 18.6 Å². The summed E-state index contributed by atoms with van der Waals surface area (Å²) < 4.78 is 0. The van der Waals surface area contributed by atoms with Crippen LogP contribution >= 0.6 is 11.8 Å². The molecule has 0 heterocycles. The number of amides is 3. The number of unbranched alkanes of at least 4 members (excludes halogenated alkanes) is 1. The molecular weight excluding hydrogens is 442 g/mol. The molecule has 33 heavy (non-hydrogen) atoms. The number of carboxylic acid groups (broad SMARTS) is 1. The van der Waals surface area contributed by atoms with Crippen LogP contribution in [0.2, 0.25) is 0 Å². The average molecular weight is 480 g/mol. The number of hydrogen-bond acceptors (Lipinski definition) is 5. The second-order valence-electron chi connectivity index (χ2n) is 8.43. The zero-order valence-electron chi connectivity index (χ0n) is 19.9. The summed E-state index contributed by atoms with van der Waals surface area (Å²) in [6, 6.07) is 6.98. The molecule has 3 amide bonds. The summed E-state index contributed by atoms with van der Waals surface area (Å²) in [7, 11) is 0. The summed E-state index contributed by atoms with van der Waals surface area (Å²) in [6.07, 6.45) is 3.99. The van der Waals surface area contributed by atoms with Gasteiger partial charge >= 0.3 is 5.97 Å². The van der Waals surface area contributed by atoms with Gasteiger partial charge in [-0.05, 0) is 55.7 Å². The Labute approximate surface area is 200 Å². The quantitative estimate of drug-likeness (QED) is 0.287. The predicted octanol–water partition coefficient (Wildman–Crippen LogP) is 2.69. The highest BCUT2D eigenvalue weighted by molar-refractivity contribution is 7.98. The molecule has 0 aliphatic carbocycles. The third-order valence-electron chi connectivity index (χ3n) is 5.31. The second-order valence-corrected chi connectivity index (χ2v) is 9.42. The first-order valence-corrected chi connectivity index (χ1v) is 12.7. The van der Waals surface area contributed by atoms with Gasteiger partial charge in [0, 0.05) is 18.0 Å². The van der Waals surface area contributed by atoms with Crippen LogP contribution in [0.15, 0.2) is 30.3 Å². The van der Waals surface area contributed by atoms with Gasteiger partial charge in [-0.15, -0.1) is 0 Å². The maximum absolute atomic E-state index is 12.8. The van der Waals surface area contributed by atoms with E-state index in [0.717, 1.165) is 5.75 Å². The smallest absolute Gasteiger partial charge is 0.326 e. The molecule has 4 N–H and O–H groups in total. The van der Waals surface area contributed by atoms with Crippen molar-refractivity contribution >= 4 is 35.5 Å². The first-order chi connectivity index (χ1) is 15.7. The van der Waals surface area contributed by atoms with E-state index in [1.165, 1.54) is 0 Å². The van der Waals surface area contributed by atoms with Crippen molar-refractivity contribution in [1.82, 2.24) is 16.0 Å². The molecule has 0 spiro atoms. The molecule has 0 saturated heterocycles. The van der Waals surface area contributed by atoms with Crippen molar-refractivity contribution in [1.29, 1.82) is 0 Å². The lowest BCUT2D eigenvalue weighted by Crippen LogP contribution is -2.54. The highest BCUT2D eigenvalue weighted by Crippen LogP contribution is 2.11. The summed E-state index contributed by atoms with van der Waals surface area (Å²) in [5.41, 5.74) is 0.567. The van der Waals surface area contributed by atoms with Crippen LogP contribution in [-0.2, 0) is 14.4 Å². The largest absolute Gasteiger partial charge is 0.480 e. The van der Waals surface area contributed by atoms with Gasteiger partial charge in [0.25, 0.3) is 5.91 Å². The number of carbonyl (C=O) groups is 4. The second kappa shape index (κ2) is 15.3. The van der Waals surface area contributed by atoms with E-state index in [1.807, 2.05) is 33.1 Å². The molecule has 3 unspecified atom stereocenters. The van der Waals surface area contributed by atoms with Gasteiger partial charge in [0.05, 0.1) is 0 Å². The van der Waals surface area contributed by atoms with Crippen molar-refractivity contribution in [3.8, 4) is 0 Å². The van der Waals surface area contributed by atoms with E-state index in [2.05, 4.69) is 16.0 Å². The minimum Gasteiger partial charge on any atom is -0.480 e. The molecule has 8 nitrogen and oxygen atoms in total. The highest BCUT2D eigenvalue weighted by atomic mass is 32.2. The Balaban J connectivity index is 2.52. The lowest BCUT2D eigenvalue weighted by Gasteiger charge is -2.25. The van der Waals surface area contributed by atoms with Crippen molar-refractivity contribution in [2.45, 2.75) is 58.5 Å². The van der Waals surface area contributed by atoms with Crippen molar-refractivity contribution in [3.05, 3.63) is 35.9 Å². The normalized spacial score (nSPS) is 13.6. The van der Waals surface area contributed by atoms with Gasteiger partial charge in [-0.1, -0.05) is 39.0 Å². The fourth-order valence-corrected chi connectivity index (χ4v) is 3.73. The molecule has 3 atom stereocenters. The summed E-state index contributed by atoms with van der Waals surface area (Å²) in [6.45, 7) is 5.84. The molecule has 9 heteroatoms. The lowest BCUT2D eigenvalue weighted by molar-refractivity contribution is -0.142. The van der Waals surface area contributed by atoms with Crippen LogP contribution in [0.3, 0.4) is 0 Å². The van der Waals surface area contributed by atoms with Gasteiger partial charge in [-0.2, -0.15) is 11.8 Å². The zero-order chi connectivity index (χ0) is 24.8. The molecule has 0 aliphatic heterocycles. The van der Waals surface area contributed by atoms with E-state index < -0.39 is 24.0 Å². The molecule has 0 aliphatic rings. The fourth-order valence-electron chi connectivity index (χ4n) is 3.14. The number of carbonyl (C=O) groups excluding carboxylic acids is 3. The van der Waals surface area contributed by atoms with Crippen LogP contribution in [-0.4, -0.2) is 59.4 Å². The van der Waals surface area contributed by atoms with Gasteiger partial charge in [-0.3, -0.25) is 14.4 Å². The molecule has 0 fully saturated rings. The number of aliphatic carboxylic acids is 1. The molecule has 1 rings (SSSR count). The van der Waals surface area contributed by atoms with E-state index in [4.69, 9.17) is 0 Å². The SMILES string of the molecule is CSCCC(C)C(=O)NC(C(=O)NC(CCCCNC(=O)c1ccccc1)C(=O)O)C(C)C. The van der Waals surface area contributed by atoms with Crippen LogP contribution in [0.5, 0.6) is 0 Å². The number of nitrogens with one attached hydrogen (secondary N) is 3. The standard InChI is InChI=1S/C24H37N3O5S/c1-16(2)20(27-21(28)17(3)13-15-33-4)23(30)26-19(24(31)32)12-8-9-14-25-22(29)18-10-6-5-7-11-18/h5-7,10-11,16-17,19-20H,8-9,12-15H2,1-4H3,(H,25,29)(H,26,30)(H,27,28)(H,31,32). The summed E-state index contributed by atoms with van der Waals surface area (Å²) in [5, 5.41) is 17.7. The van der Waals surface area contributed by atoms with Crippen molar-refractivity contribution < 1.29 is 24.3 Å². The monoisotopic (exact) mass is 479 g/mol. The minimum atomic E-state index is -1.13. The van der Waals surface area contributed by atoms with E-state index in [-0.39, 0.29) is 30.1 Å². The van der Waals surface area contributed by atoms with Crippen LogP contribution in [0, 0.1) is 11.8 Å². The van der Waals surface area contributed by atoms with Gasteiger partial charge in [0.1, 0.15) is 12.1 Å². The fraction of sp³-hybridized carbons (Fsp3) is 0.583. The van der Waals surface area contributed by atoms with Crippen LogP contribution < -0.4 is 16.0 Å². The Morgan fingerprint density at radius 3 is 2.18 bits per heavy atom. The topological polar surface area (TPSA) is 125 Å². The average Bonchev–Trinajstić information content (AvgIpc) is 2.79. The molecule has 0 radical (unpaired) electrons. The third kappa shape index (κ3) is 10.7. The maximum Gasteiger partial charge on any atom is 0.326 e. The van der Waals surface area contributed by atoms with Gasteiger partial charge < -0.3 is 21.1 Å². The number of benzene rings is 1. The Bertz CT molecular complexity index is 773. The van der Waals surface area contributed by atoms with Crippen LogP contribution in [0.4, 0.5) is 0 Å². The Morgan fingerprint density at radius 2 is 1.61 bits per heavy atom. The lowest BCUT2D eigenvalue weighted by atomic mass is 10.00. The van der Waals surface area contributed by atoms with Crippen LogP contribution in [0.1, 0.15) is 56.8 Å². The summed E-state index contributed by atoms with van der Waals surface area (Å²) >= 11 is 1.65. The van der Waals surface area contributed by atoms with Crippen LogP contribution in [0.25, 0.3) is 0 Å². The number of rotatable bonds is 15. The molecule has 0 saturated carbocycles. The first kappa shape index (κ1) is 28.5. The van der Waals surface area contributed by atoms with Gasteiger partial charge in [-0.25, -0.2) is 4.79 Å². The third-order valence-corrected chi connectivity index (χ3v) is 5.95. The minimum absolute atomic E-state index is 0.180.